The molecule has 0 atom stereocenters. The Kier molecular flexibility index (Phi) is 7.43. The molecule has 0 amide bonds. The average Bonchev–Trinajstić information content (AvgIpc) is 4.00. The first-order valence-electron chi connectivity index (χ1n) is 22.2. The van der Waals surface area contributed by atoms with Gasteiger partial charge in [0, 0.05) is 38.3 Å². The Morgan fingerprint density at radius 3 is 1.56 bits per heavy atom. The number of benzene rings is 11. The fraction of sp³-hybridized carbons (Fsp3) is 0. The summed E-state index contributed by atoms with van der Waals surface area (Å²) in [5.41, 5.74) is 19.7. The molecule has 2 aromatic heterocycles. The Balaban J connectivity index is 0.872. The van der Waals surface area contributed by atoms with Gasteiger partial charge in [-0.2, -0.15) is 0 Å². The van der Waals surface area contributed by atoms with Gasteiger partial charge >= 0.3 is 0 Å². The number of hydrogen-bond donors (Lipinski definition) is 0. The highest BCUT2D eigenvalue weighted by Crippen LogP contribution is 2.48. The lowest BCUT2D eigenvalue weighted by Gasteiger charge is -2.13. The molecule has 0 unspecified atom stereocenters. The quantitative estimate of drug-likeness (QED) is 0.164. The molecule has 14 rings (SSSR count). The Morgan fingerprint density at radius 1 is 0.234 bits per heavy atom. The van der Waals surface area contributed by atoms with E-state index in [9.17, 15) is 0 Å². The molecular weight excluding hydrogens is 773 g/mol. The molecule has 2 heteroatoms. The van der Waals surface area contributed by atoms with Crippen molar-refractivity contribution in [3.8, 4) is 67.0 Å². The maximum atomic E-state index is 2.48. The summed E-state index contributed by atoms with van der Waals surface area (Å²) in [6.45, 7) is 0. The molecule has 13 aromatic rings. The Morgan fingerprint density at radius 2 is 0.781 bits per heavy atom. The zero-order chi connectivity index (χ0) is 41.9. The van der Waals surface area contributed by atoms with E-state index in [4.69, 9.17) is 0 Å². The SMILES string of the molecule is c1ccc(-n2c3ccccc3c3cc(-c4ccc5c(c4)c4ccc6ccccc6c4n5-c4cccc(-c5ccc(-c6ccc7c(c6)-c6cccc8cccc-7c68)cc5)c4)ccc32)cc1. The van der Waals surface area contributed by atoms with Crippen LogP contribution in [-0.4, -0.2) is 9.13 Å². The molecule has 11 aromatic carbocycles. The van der Waals surface area contributed by atoms with Crippen molar-refractivity contribution in [2.45, 2.75) is 0 Å². The monoisotopic (exact) mass is 810 g/mol. The van der Waals surface area contributed by atoms with Crippen molar-refractivity contribution in [1.29, 1.82) is 0 Å². The normalized spacial score (nSPS) is 12.1. The third kappa shape index (κ3) is 5.14. The Labute approximate surface area is 370 Å². The van der Waals surface area contributed by atoms with Crippen LogP contribution in [0.3, 0.4) is 0 Å². The molecule has 2 heterocycles. The van der Waals surface area contributed by atoms with Gasteiger partial charge in [-0.05, 0) is 132 Å². The van der Waals surface area contributed by atoms with E-state index >= 15 is 0 Å². The topological polar surface area (TPSA) is 9.86 Å². The third-order valence-corrected chi connectivity index (χ3v) is 13.8. The lowest BCUT2D eigenvalue weighted by atomic mass is 9.96. The van der Waals surface area contributed by atoms with Crippen molar-refractivity contribution < 1.29 is 0 Å². The first-order valence-corrected chi connectivity index (χ1v) is 22.2. The molecule has 0 radical (unpaired) electrons. The van der Waals surface area contributed by atoms with Crippen LogP contribution in [0.1, 0.15) is 0 Å². The molecule has 0 saturated carbocycles. The van der Waals surface area contributed by atoms with Crippen LogP contribution in [-0.2, 0) is 0 Å². The van der Waals surface area contributed by atoms with Gasteiger partial charge < -0.3 is 9.13 Å². The van der Waals surface area contributed by atoms with Crippen molar-refractivity contribution >= 4 is 65.2 Å². The summed E-state index contributed by atoms with van der Waals surface area (Å²) in [6.07, 6.45) is 0. The molecule has 0 N–H and O–H groups in total. The smallest absolute Gasteiger partial charge is 0.0619 e. The highest BCUT2D eigenvalue weighted by atomic mass is 15.0. The van der Waals surface area contributed by atoms with E-state index in [0.717, 1.165) is 5.69 Å². The number of rotatable bonds is 5. The van der Waals surface area contributed by atoms with Gasteiger partial charge in [-0.25, -0.2) is 0 Å². The molecule has 1 aliphatic rings. The second-order valence-electron chi connectivity index (χ2n) is 17.3. The first-order chi connectivity index (χ1) is 31.7. The molecule has 296 valence electrons. The van der Waals surface area contributed by atoms with E-state index in [-0.39, 0.29) is 0 Å². The van der Waals surface area contributed by atoms with E-state index in [1.807, 2.05) is 0 Å². The standard InChI is InChI=1S/C62H38N2/c1-2-15-47(16-3-1)63-58-22-7-6-19-51(58)56-37-45(29-33-59(56)63)46-30-34-60-57(38-46)54-32-27-41-11-4-5-18-49(41)62(54)64(60)48-17-8-14-43(35-48)39-23-25-40(26-24-39)44-28-31-50-52-20-9-12-42-13-10-21-53(61(42)52)55(50)36-44/h1-38H. The lowest BCUT2D eigenvalue weighted by Crippen LogP contribution is -1.95. The second-order valence-corrected chi connectivity index (χ2v) is 17.3. The molecular formula is C62H38N2. The van der Waals surface area contributed by atoms with E-state index < -0.39 is 0 Å². The zero-order valence-electron chi connectivity index (χ0n) is 34.8. The number of para-hydroxylation sites is 2. The van der Waals surface area contributed by atoms with Crippen LogP contribution < -0.4 is 0 Å². The van der Waals surface area contributed by atoms with E-state index in [2.05, 4.69) is 240 Å². The number of aromatic nitrogens is 2. The molecule has 0 fully saturated rings. The molecule has 0 spiro atoms. The van der Waals surface area contributed by atoms with E-state index in [1.54, 1.807) is 0 Å². The second kappa shape index (κ2) is 13.5. The van der Waals surface area contributed by atoms with Gasteiger partial charge in [-0.15, -0.1) is 0 Å². The number of nitrogens with zero attached hydrogens (tertiary/aromatic N) is 2. The van der Waals surface area contributed by atoms with Crippen molar-refractivity contribution in [3.63, 3.8) is 0 Å². The molecule has 2 nitrogen and oxygen atoms in total. The van der Waals surface area contributed by atoms with Gasteiger partial charge in [0.1, 0.15) is 0 Å². The highest BCUT2D eigenvalue weighted by molar-refractivity contribution is 6.20. The van der Waals surface area contributed by atoms with Gasteiger partial charge in [0.15, 0.2) is 0 Å². The van der Waals surface area contributed by atoms with Crippen molar-refractivity contribution in [1.82, 2.24) is 9.13 Å². The zero-order valence-corrected chi connectivity index (χ0v) is 34.8. The fourth-order valence-corrected chi connectivity index (χ4v) is 10.9. The maximum absolute atomic E-state index is 2.48. The van der Waals surface area contributed by atoms with Crippen LogP contribution >= 0.6 is 0 Å². The van der Waals surface area contributed by atoms with Gasteiger partial charge in [-0.3, -0.25) is 0 Å². The van der Waals surface area contributed by atoms with Crippen LogP contribution in [0.4, 0.5) is 0 Å². The third-order valence-electron chi connectivity index (χ3n) is 13.8. The number of hydrogen-bond acceptors (Lipinski definition) is 0. The van der Waals surface area contributed by atoms with Crippen molar-refractivity contribution in [2.24, 2.45) is 0 Å². The predicted molar refractivity (Wildman–Crippen MR) is 271 cm³/mol. The van der Waals surface area contributed by atoms with E-state index in [1.165, 1.54) is 126 Å². The van der Waals surface area contributed by atoms with Gasteiger partial charge in [0.2, 0.25) is 0 Å². The maximum Gasteiger partial charge on any atom is 0.0619 e. The minimum atomic E-state index is 1.15. The van der Waals surface area contributed by atoms with Gasteiger partial charge in [0.25, 0.3) is 0 Å². The molecule has 0 saturated heterocycles. The summed E-state index contributed by atoms with van der Waals surface area (Å²) in [4.78, 5) is 0. The minimum absolute atomic E-state index is 1.15. The lowest BCUT2D eigenvalue weighted by molar-refractivity contribution is 1.18. The van der Waals surface area contributed by atoms with Gasteiger partial charge in [-0.1, -0.05) is 170 Å². The predicted octanol–water partition coefficient (Wildman–Crippen LogP) is 16.8. The van der Waals surface area contributed by atoms with Crippen molar-refractivity contribution in [2.75, 3.05) is 0 Å². The summed E-state index contributed by atoms with van der Waals surface area (Å²) < 4.78 is 4.86. The van der Waals surface area contributed by atoms with Crippen LogP contribution in [0.25, 0.3) is 132 Å². The Bertz CT molecular complexity index is 4050. The summed E-state index contributed by atoms with van der Waals surface area (Å²) >= 11 is 0. The molecule has 1 aliphatic carbocycles. The van der Waals surface area contributed by atoms with E-state index in [0.29, 0.717) is 0 Å². The summed E-state index contributed by atoms with van der Waals surface area (Å²) in [7, 11) is 0. The van der Waals surface area contributed by atoms with Crippen LogP contribution in [0, 0.1) is 0 Å². The van der Waals surface area contributed by atoms with Crippen molar-refractivity contribution in [3.05, 3.63) is 231 Å². The van der Waals surface area contributed by atoms with Gasteiger partial charge in [0.05, 0.1) is 22.1 Å². The average molecular weight is 811 g/mol. The summed E-state index contributed by atoms with van der Waals surface area (Å²) in [5, 5.41) is 10.2. The van der Waals surface area contributed by atoms with Crippen LogP contribution in [0.2, 0.25) is 0 Å². The molecule has 0 aliphatic heterocycles. The summed E-state index contributed by atoms with van der Waals surface area (Å²) in [6, 6.07) is 85.2. The Hall–Kier alpha value is -8.46. The molecule has 64 heavy (non-hydrogen) atoms. The largest absolute Gasteiger partial charge is 0.309 e. The number of fused-ring (bicyclic) bond motifs is 11. The highest BCUT2D eigenvalue weighted by Gasteiger charge is 2.22. The molecule has 0 bridgehead atoms. The first kappa shape index (κ1) is 35.2. The minimum Gasteiger partial charge on any atom is -0.309 e. The van der Waals surface area contributed by atoms with Crippen LogP contribution in [0.5, 0.6) is 0 Å². The van der Waals surface area contributed by atoms with Crippen LogP contribution in [0.15, 0.2) is 231 Å². The summed E-state index contributed by atoms with van der Waals surface area (Å²) in [5.74, 6) is 0. The fourth-order valence-electron chi connectivity index (χ4n) is 10.9.